The number of nitrogens with zero attached hydrogens (tertiary/aromatic N) is 2. The highest BCUT2D eigenvalue weighted by molar-refractivity contribution is 6.31. The van der Waals surface area contributed by atoms with Gasteiger partial charge in [0, 0.05) is 104 Å². The third-order valence-corrected chi connectivity index (χ3v) is 15.3. The molecule has 0 unspecified atom stereocenters. The number of nitrogens with one attached hydrogen (secondary N) is 9. The summed E-state index contributed by atoms with van der Waals surface area (Å²) in [6.07, 6.45) is 4.31. The van der Waals surface area contributed by atoms with E-state index in [0.717, 1.165) is 40.8 Å². The summed E-state index contributed by atoms with van der Waals surface area (Å²) < 4.78 is 0. The molecule has 0 radical (unpaired) electrons. The summed E-state index contributed by atoms with van der Waals surface area (Å²) in [5.41, 5.74) is 9.07. The first-order valence-electron chi connectivity index (χ1n) is 27.4. The Morgan fingerprint density at radius 2 is 1.00 bits per heavy atom. The second kappa shape index (κ2) is 29.7. The van der Waals surface area contributed by atoms with Crippen molar-refractivity contribution < 1.29 is 19.2 Å². The van der Waals surface area contributed by atoms with E-state index < -0.39 is 12.1 Å². The summed E-state index contributed by atoms with van der Waals surface area (Å²) in [6, 6.07) is 41.9. The molecule has 2 fully saturated rings. The molecule has 0 bridgehead atoms. The number of halogens is 2. The Hall–Kier alpha value is -7.24. The van der Waals surface area contributed by atoms with Crippen LogP contribution in [0.2, 0.25) is 10.0 Å². The third-order valence-electron chi connectivity index (χ3n) is 14.9. The molecule has 79 heavy (non-hydrogen) atoms. The largest absolute Gasteiger partial charge is 0.370 e. The van der Waals surface area contributed by atoms with Crippen LogP contribution >= 0.6 is 23.2 Å². The molecule has 0 aliphatic carbocycles. The fourth-order valence-electron chi connectivity index (χ4n) is 10.3. The van der Waals surface area contributed by atoms with Crippen LogP contribution < -0.4 is 43.0 Å². The van der Waals surface area contributed by atoms with Gasteiger partial charge < -0.3 is 52.8 Å². The summed E-state index contributed by atoms with van der Waals surface area (Å²) in [5, 5.41) is 42.1. The van der Waals surface area contributed by atoms with Crippen molar-refractivity contribution in [2.45, 2.75) is 88.4 Å². The van der Waals surface area contributed by atoms with E-state index in [9.17, 15) is 19.2 Å². The van der Waals surface area contributed by atoms with E-state index in [1.807, 2.05) is 107 Å². The first-order valence-corrected chi connectivity index (χ1v) is 28.2. The average molecular weight is 1110 g/mol. The van der Waals surface area contributed by atoms with Gasteiger partial charge in [-0.1, -0.05) is 122 Å². The van der Waals surface area contributed by atoms with Crippen molar-refractivity contribution in [3.05, 3.63) is 166 Å². The lowest BCUT2D eigenvalue weighted by molar-refractivity contribution is -0.133. The molecule has 2 saturated heterocycles. The van der Waals surface area contributed by atoms with Crippen LogP contribution in [0.25, 0.3) is 21.5 Å². The van der Waals surface area contributed by atoms with E-state index in [-0.39, 0.29) is 59.5 Å². The zero-order valence-electron chi connectivity index (χ0n) is 45.4. The van der Waals surface area contributed by atoms with Crippen LogP contribution in [-0.2, 0) is 9.59 Å². The van der Waals surface area contributed by atoms with Crippen LogP contribution in [0.3, 0.4) is 0 Å². The zero-order valence-corrected chi connectivity index (χ0v) is 46.9. The molecule has 0 aromatic heterocycles. The second-order valence-corrected chi connectivity index (χ2v) is 21.2. The van der Waals surface area contributed by atoms with Crippen molar-refractivity contribution in [1.29, 1.82) is 10.8 Å². The third kappa shape index (κ3) is 17.4. The topological polar surface area (TPSA) is 233 Å². The van der Waals surface area contributed by atoms with Crippen molar-refractivity contribution in [3.8, 4) is 0 Å². The van der Waals surface area contributed by atoms with Gasteiger partial charge in [0.15, 0.2) is 11.9 Å². The van der Waals surface area contributed by atoms with E-state index in [1.54, 1.807) is 19.2 Å². The average Bonchev–Trinajstić information content (AvgIpc) is 3.76. The van der Waals surface area contributed by atoms with Gasteiger partial charge in [-0.15, -0.1) is 0 Å². The smallest absolute Gasteiger partial charge is 0.251 e. The maximum atomic E-state index is 13.7. The Morgan fingerprint density at radius 1 is 0.595 bits per heavy atom. The van der Waals surface area contributed by atoms with Crippen LogP contribution in [0.4, 0.5) is 0 Å². The standard InChI is InChI=1S/C31H39ClN6O2.C30H37ClN6O2/c1-3-21(22-7-5-4-6-8-22)20-38-16-14-27(37-28(30(38)40)13-15-35-31(33)34-2)19-36-29(39)25-10-9-24-18-26(32)12-11-23(24)17-25;1-2-20(21-6-4-3-5-7-21)19-37-15-13-26(36-27(29(37)39)12-14-34-30(32)33)18-35-28(38)24-9-8-23-17-25(31)11-10-22(23)16-24/h4-12,17-18,21,27-28,37H,3,13-16,19-20H2,1-2H3,(H,36,39)(H3,33,34,35);3-11,16-17,20,26-27,36H,2,12-15,18-19H2,1H3,(H,35,38)(H4,32,33,34)/t21-,27+,28+;20-,26+,27+/m11/s1. The Bertz CT molecular complexity index is 3020. The number of hydrogen-bond acceptors (Lipinski definition) is 8. The Morgan fingerprint density at radius 3 is 1.41 bits per heavy atom. The highest BCUT2D eigenvalue weighted by Crippen LogP contribution is 2.26. The van der Waals surface area contributed by atoms with Crippen molar-refractivity contribution in [3.63, 3.8) is 0 Å². The predicted molar refractivity (Wildman–Crippen MR) is 319 cm³/mol. The summed E-state index contributed by atoms with van der Waals surface area (Å²) in [6.45, 7) is 8.49. The monoisotopic (exact) mass is 1110 g/mol. The fourth-order valence-corrected chi connectivity index (χ4v) is 10.7. The first kappa shape index (κ1) is 59.4. The molecule has 18 heteroatoms. The lowest BCUT2D eigenvalue weighted by Crippen LogP contribution is -2.50. The highest BCUT2D eigenvalue weighted by Gasteiger charge is 2.34. The van der Waals surface area contributed by atoms with Crippen molar-refractivity contribution in [2.75, 3.05) is 59.4 Å². The van der Waals surface area contributed by atoms with Gasteiger partial charge in [0.1, 0.15) is 0 Å². The van der Waals surface area contributed by atoms with Crippen LogP contribution in [0.15, 0.2) is 133 Å². The fraction of sp³-hybridized carbons (Fsp3) is 0.377. The van der Waals surface area contributed by atoms with Gasteiger partial charge >= 0.3 is 0 Å². The number of carbonyl (C=O) groups is 4. The van der Waals surface area contributed by atoms with E-state index in [0.29, 0.717) is 92.8 Å². The Balaban J connectivity index is 0.000000229. The SMILES string of the molecule is CC[C@H](CN1CC[C@@H](CNC(=O)c2ccc3cc(Cl)ccc3c2)N[C@@H](CCNC(=N)N)C1=O)c1ccccc1.CC[C@H](CN1CC[C@@H](CNC(=O)c2ccc3cc(Cl)ccc3c2)N[C@@H](CCNC(=N)NC)C1=O)c1ccccc1. The predicted octanol–water partition coefficient (Wildman–Crippen LogP) is 7.96. The maximum Gasteiger partial charge on any atom is 0.251 e. The summed E-state index contributed by atoms with van der Waals surface area (Å²) in [4.78, 5) is 57.3. The van der Waals surface area contributed by atoms with E-state index in [4.69, 9.17) is 39.8 Å². The van der Waals surface area contributed by atoms with Crippen LogP contribution in [0, 0.1) is 10.8 Å². The Labute approximate surface area is 474 Å². The van der Waals surface area contributed by atoms with Gasteiger partial charge in [0.2, 0.25) is 11.8 Å². The number of nitrogens with two attached hydrogens (primary N) is 1. The lowest BCUT2D eigenvalue weighted by Gasteiger charge is -2.28. The molecule has 4 amide bonds. The van der Waals surface area contributed by atoms with Crippen molar-refractivity contribution in [2.24, 2.45) is 5.73 Å². The Kier molecular flexibility index (Phi) is 22.3. The number of amides is 4. The molecule has 8 rings (SSSR count). The van der Waals surface area contributed by atoms with Crippen LogP contribution in [-0.4, -0.2) is 129 Å². The molecular weight excluding hydrogens is 1040 g/mol. The van der Waals surface area contributed by atoms with Crippen LogP contribution in [0.5, 0.6) is 0 Å². The minimum atomic E-state index is -0.444. The number of carbonyl (C=O) groups excluding carboxylic acids is 4. The normalized spacial score (nSPS) is 18.3. The maximum absolute atomic E-state index is 13.7. The molecule has 2 aliphatic heterocycles. The molecule has 6 atom stereocenters. The number of hydrogen-bond donors (Lipinski definition) is 10. The molecule has 0 saturated carbocycles. The first-order chi connectivity index (χ1) is 38.2. The number of benzene rings is 6. The summed E-state index contributed by atoms with van der Waals surface area (Å²) in [5.74, 6) is 0.378. The molecule has 2 aliphatic rings. The number of rotatable bonds is 20. The molecule has 418 valence electrons. The molecular formula is C61H76Cl2N12O4. The van der Waals surface area contributed by atoms with E-state index >= 15 is 0 Å². The lowest BCUT2D eigenvalue weighted by atomic mass is 9.95. The van der Waals surface area contributed by atoms with Crippen molar-refractivity contribution in [1.82, 2.24) is 47.0 Å². The zero-order chi connectivity index (χ0) is 56.3. The quantitative estimate of drug-likeness (QED) is 0.0262. The second-order valence-electron chi connectivity index (χ2n) is 20.3. The van der Waals surface area contributed by atoms with E-state index in [2.05, 4.69) is 75.3 Å². The summed E-state index contributed by atoms with van der Waals surface area (Å²) >= 11 is 12.2. The van der Waals surface area contributed by atoms with Crippen molar-refractivity contribution >= 4 is 80.3 Å². The molecule has 6 aromatic carbocycles. The van der Waals surface area contributed by atoms with Gasteiger partial charge in [-0.2, -0.15) is 0 Å². The molecule has 6 aromatic rings. The minimum absolute atomic E-state index is 0.0387. The molecule has 2 heterocycles. The van der Waals surface area contributed by atoms with Gasteiger partial charge in [-0.3, -0.25) is 30.0 Å². The molecule has 11 N–H and O–H groups in total. The van der Waals surface area contributed by atoms with Gasteiger partial charge in [-0.05, 0) is 120 Å². The minimum Gasteiger partial charge on any atom is -0.370 e. The van der Waals surface area contributed by atoms with Gasteiger partial charge in [0.05, 0.1) is 12.1 Å². The van der Waals surface area contributed by atoms with E-state index in [1.165, 1.54) is 11.1 Å². The number of guanidine groups is 2. The molecule has 0 spiro atoms. The summed E-state index contributed by atoms with van der Waals surface area (Å²) in [7, 11) is 1.68. The van der Waals surface area contributed by atoms with Gasteiger partial charge in [0.25, 0.3) is 11.8 Å². The van der Waals surface area contributed by atoms with Gasteiger partial charge in [-0.25, -0.2) is 0 Å². The molecule has 16 nitrogen and oxygen atoms in total. The highest BCUT2D eigenvalue weighted by atomic mass is 35.5. The number of fused-ring (bicyclic) bond motifs is 2. The van der Waals surface area contributed by atoms with Crippen LogP contribution in [0.1, 0.15) is 96.1 Å².